The molecule has 0 atom stereocenters. The predicted molar refractivity (Wildman–Crippen MR) is 118 cm³/mol. The van der Waals surface area contributed by atoms with Crippen LogP contribution >= 0.6 is 12.2 Å². The normalized spacial score (nSPS) is 12.3. The molecule has 1 heterocycles. The van der Waals surface area contributed by atoms with E-state index >= 15 is 0 Å². The number of anilines is 1. The first-order valence-electron chi connectivity index (χ1n) is 9.32. The second kappa shape index (κ2) is 8.53. The van der Waals surface area contributed by atoms with Gasteiger partial charge >= 0.3 is 0 Å². The van der Waals surface area contributed by atoms with Gasteiger partial charge < -0.3 is 10.4 Å². The van der Waals surface area contributed by atoms with Gasteiger partial charge in [-0.15, -0.1) is 0 Å². The van der Waals surface area contributed by atoms with Crippen LogP contribution in [-0.4, -0.2) is 4.99 Å². The van der Waals surface area contributed by atoms with Crippen LogP contribution in [0.1, 0.15) is 31.9 Å². The van der Waals surface area contributed by atoms with Crippen molar-refractivity contribution >= 4 is 34.3 Å². The van der Waals surface area contributed by atoms with E-state index < -0.39 is 5.82 Å². The Morgan fingerprint density at radius 2 is 1.55 bits per heavy atom. The lowest BCUT2D eigenvalue weighted by molar-refractivity contribution is -0.577. The summed E-state index contributed by atoms with van der Waals surface area (Å²) in [5, 5.41) is 16.2. The molecule has 0 saturated carbocycles. The maximum absolute atomic E-state index is 14.1. The highest BCUT2D eigenvalue weighted by Crippen LogP contribution is 2.24. The summed E-state index contributed by atoms with van der Waals surface area (Å²) in [6.45, 7) is 6.36. The Hall–Kier alpha value is -3.05. The molecule has 1 aromatic heterocycles. The van der Waals surface area contributed by atoms with Crippen LogP contribution < -0.4 is 15.0 Å². The Morgan fingerprint density at radius 3 is 2.14 bits per heavy atom. The number of nitrogens with zero attached hydrogens (tertiary/aromatic N) is 1. The van der Waals surface area contributed by atoms with Crippen LogP contribution in [0.15, 0.2) is 79.1 Å². The molecule has 5 heteroatoms. The van der Waals surface area contributed by atoms with Crippen LogP contribution in [0.4, 0.5) is 10.1 Å². The lowest BCUT2D eigenvalue weighted by Crippen LogP contribution is -2.39. The topological polar surface area (TPSA) is 39.0 Å². The molecule has 29 heavy (non-hydrogen) atoms. The Bertz CT molecular complexity index is 1040. The van der Waals surface area contributed by atoms with Gasteiger partial charge in [-0.1, -0.05) is 75.5 Å². The summed E-state index contributed by atoms with van der Waals surface area (Å²) in [6.07, 6.45) is 3.48. The molecule has 0 aliphatic rings. The summed E-state index contributed by atoms with van der Waals surface area (Å²) < 4.78 is 15.7. The summed E-state index contributed by atoms with van der Waals surface area (Å²) in [6, 6.07) is 19.2. The smallest absolute Gasteiger partial charge is 0.238 e. The first-order valence-corrected chi connectivity index (χ1v) is 9.73. The monoisotopic (exact) mass is 406 g/mol. The molecule has 0 amide bonds. The van der Waals surface area contributed by atoms with Crippen molar-refractivity contribution in [1.82, 2.24) is 0 Å². The van der Waals surface area contributed by atoms with Gasteiger partial charge in [-0.05, 0) is 34.4 Å². The highest BCUT2D eigenvalue weighted by molar-refractivity contribution is 7.81. The number of halogens is 1. The molecule has 0 bridgehead atoms. The molecular formula is C24H23FN2OS. The number of benzene rings is 2. The molecule has 0 saturated heterocycles. The van der Waals surface area contributed by atoms with Gasteiger partial charge in [0.2, 0.25) is 5.70 Å². The molecule has 0 spiro atoms. The highest BCUT2D eigenvalue weighted by Gasteiger charge is 2.20. The summed E-state index contributed by atoms with van der Waals surface area (Å²) in [4.78, 5) is 0.149. The van der Waals surface area contributed by atoms with E-state index in [4.69, 9.17) is 12.2 Å². The Morgan fingerprint density at radius 1 is 0.931 bits per heavy atom. The molecule has 148 valence electrons. The Labute approximate surface area is 176 Å². The molecule has 0 radical (unpaired) electrons. The third-order valence-corrected chi connectivity index (χ3v) is 4.83. The number of thiocarbonyl (C=S) groups is 1. The predicted octanol–water partition coefficient (Wildman–Crippen LogP) is 4.54. The van der Waals surface area contributed by atoms with E-state index in [2.05, 4.69) is 26.1 Å². The molecule has 3 rings (SSSR count). The maximum Gasteiger partial charge on any atom is 0.238 e. The van der Waals surface area contributed by atoms with Crippen molar-refractivity contribution in [3.8, 4) is 0 Å². The molecule has 3 aromatic rings. The number of nitrogens with one attached hydrogen (secondary N) is 1. The summed E-state index contributed by atoms with van der Waals surface area (Å²) in [5.41, 5.74) is 2.12. The number of hydrogen-bond acceptors (Lipinski definition) is 2. The van der Waals surface area contributed by atoms with Gasteiger partial charge in [0, 0.05) is 12.1 Å². The van der Waals surface area contributed by atoms with Crippen LogP contribution in [0.3, 0.4) is 0 Å². The van der Waals surface area contributed by atoms with E-state index in [0.29, 0.717) is 5.56 Å². The number of aromatic nitrogens is 1. The van der Waals surface area contributed by atoms with Crippen molar-refractivity contribution in [2.45, 2.75) is 26.2 Å². The zero-order valence-corrected chi connectivity index (χ0v) is 17.5. The van der Waals surface area contributed by atoms with E-state index in [0.717, 1.165) is 5.56 Å². The van der Waals surface area contributed by atoms with Crippen LogP contribution in [0, 0.1) is 5.82 Å². The van der Waals surface area contributed by atoms with Crippen molar-refractivity contribution in [1.29, 1.82) is 0 Å². The molecule has 0 aliphatic heterocycles. The van der Waals surface area contributed by atoms with Crippen LogP contribution in [-0.2, 0) is 5.41 Å². The zero-order chi connectivity index (χ0) is 21.0. The molecular weight excluding hydrogens is 383 g/mol. The van der Waals surface area contributed by atoms with Crippen LogP contribution in [0.2, 0.25) is 0 Å². The first kappa shape index (κ1) is 20.7. The summed E-state index contributed by atoms with van der Waals surface area (Å²) in [7, 11) is 0. The fourth-order valence-corrected chi connectivity index (χ4v) is 3.20. The van der Waals surface area contributed by atoms with Gasteiger partial charge in [0.1, 0.15) is 5.82 Å². The van der Waals surface area contributed by atoms with Crippen molar-refractivity contribution in [3.05, 3.63) is 96.1 Å². The fraction of sp³-hybridized carbons (Fsp3) is 0.167. The first-order chi connectivity index (χ1) is 13.8. The third-order valence-electron chi connectivity index (χ3n) is 4.54. The molecule has 3 nitrogen and oxygen atoms in total. The van der Waals surface area contributed by atoms with E-state index in [1.165, 1.54) is 6.07 Å². The summed E-state index contributed by atoms with van der Waals surface area (Å²) in [5.74, 6) is -0.676. The van der Waals surface area contributed by atoms with Crippen molar-refractivity contribution in [2.75, 3.05) is 5.32 Å². The molecule has 1 N–H and O–H groups in total. The molecule has 2 aromatic carbocycles. The number of rotatable bonds is 4. The van der Waals surface area contributed by atoms with Crippen molar-refractivity contribution in [3.63, 3.8) is 0 Å². The lowest BCUT2D eigenvalue weighted by Gasteiger charge is -2.21. The molecule has 0 fully saturated rings. The quantitative estimate of drug-likeness (QED) is 0.299. The van der Waals surface area contributed by atoms with E-state index in [-0.39, 0.29) is 27.5 Å². The standard InChI is InChI=1S/C24H23FN2OS/c1-24(2,3)18-13-11-17(12-14-18)22(28)21(27-15-7-4-8-16-27)23(29)26-20-10-6-5-9-19(20)25/h4-16H,1-3H3,(H-,26,28,29). The minimum Gasteiger partial charge on any atom is -0.867 e. The van der Waals surface area contributed by atoms with Crippen molar-refractivity contribution < 1.29 is 14.1 Å². The fourth-order valence-electron chi connectivity index (χ4n) is 2.89. The number of para-hydroxylation sites is 1. The van der Waals surface area contributed by atoms with Gasteiger partial charge in [-0.25, -0.2) is 4.39 Å². The minimum absolute atomic E-state index is 0.00993. The SMILES string of the molecule is CC(C)(C)c1ccc(/C([O-])=C(\C(=S)Nc2ccccc2F)[n+]2ccccc2)cc1. The van der Waals surface area contributed by atoms with Crippen LogP contribution in [0.25, 0.3) is 11.5 Å². The summed E-state index contributed by atoms with van der Waals surface area (Å²) >= 11 is 5.50. The molecule has 0 aliphatic carbocycles. The van der Waals surface area contributed by atoms with Gasteiger partial charge in [0.15, 0.2) is 17.4 Å². The second-order valence-electron chi connectivity index (χ2n) is 7.72. The second-order valence-corrected chi connectivity index (χ2v) is 8.13. The van der Waals surface area contributed by atoms with E-state index in [1.54, 1.807) is 47.3 Å². The maximum atomic E-state index is 14.1. The molecule has 0 unspecified atom stereocenters. The van der Waals surface area contributed by atoms with Gasteiger partial charge in [0.25, 0.3) is 0 Å². The van der Waals surface area contributed by atoms with E-state index in [1.807, 2.05) is 30.3 Å². The number of hydrogen-bond donors (Lipinski definition) is 1. The van der Waals surface area contributed by atoms with Gasteiger partial charge in [-0.2, -0.15) is 4.57 Å². The lowest BCUT2D eigenvalue weighted by atomic mass is 9.86. The van der Waals surface area contributed by atoms with Gasteiger partial charge in [0.05, 0.1) is 5.69 Å². The average molecular weight is 407 g/mol. The highest BCUT2D eigenvalue weighted by atomic mass is 32.1. The Kier molecular flexibility index (Phi) is 6.09. The zero-order valence-electron chi connectivity index (χ0n) is 16.6. The number of pyridine rings is 1. The van der Waals surface area contributed by atoms with E-state index in [9.17, 15) is 9.50 Å². The Balaban J connectivity index is 2.05. The van der Waals surface area contributed by atoms with Gasteiger partial charge in [-0.3, -0.25) is 0 Å². The van der Waals surface area contributed by atoms with Crippen LogP contribution in [0.5, 0.6) is 0 Å². The minimum atomic E-state index is -0.436. The average Bonchev–Trinajstić information content (AvgIpc) is 2.70. The third kappa shape index (κ3) is 4.87. The largest absolute Gasteiger partial charge is 0.867 e. The van der Waals surface area contributed by atoms with Crippen molar-refractivity contribution in [2.24, 2.45) is 0 Å².